The van der Waals surface area contributed by atoms with E-state index in [0.717, 1.165) is 13.1 Å². The maximum Gasteiger partial charge on any atom is 0.316 e. The third-order valence-corrected chi connectivity index (χ3v) is 4.73. The molecule has 2 saturated heterocycles. The van der Waals surface area contributed by atoms with Crippen molar-refractivity contribution in [2.75, 3.05) is 39.3 Å². The second-order valence-electron chi connectivity index (χ2n) is 6.40. The van der Waals surface area contributed by atoms with Gasteiger partial charge in [0.05, 0.1) is 6.26 Å². The number of piperazine rings is 1. The standard InChI is InChI=1S/C17H22N4O5/c22-14(12-3-5-18-6-4-12)19-15(23)17(25)21-9-7-20(8-10-21)16(24)13-2-1-11-26-13/h1-2,11-12,18H,3-10H2,(H,19,22,23). The summed E-state index contributed by atoms with van der Waals surface area (Å²) < 4.78 is 5.08. The van der Waals surface area contributed by atoms with Crippen LogP contribution in [0.5, 0.6) is 0 Å². The Hall–Kier alpha value is -2.68. The van der Waals surface area contributed by atoms with E-state index in [1.807, 2.05) is 0 Å². The molecular formula is C17H22N4O5. The molecule has 0 bridgehead atoms. The molecule has 2 fully saturated rings. The second kappa shape index (κ2) is 8.13. The van der Waals surface area contributed by atoms with Gasteiger partial charge in [-0.15, -0.1) is 0 Å². The molecule has 9 nitrogen and oxygen atoms in total. The first-order valence-corrected chi connectivity index (χ1v) is 8.74. The van der Waals surface area contributed by atoms with Crippen LogP contribution in [0.3, 0.4) is 0 Å². The van der Waals surface area contributed by atoms with Crippen molar-refractivity contribution < 1.29 is 23.6 Å². The van der Waals surface area contributed by atoms with Crippen molar-refractivity contribution in [1.82, 2.24) is 20.4 Å². The number of carbonyl (C=O) groups excluding carboxylic acids is 4. The van der Waals surface area contributed by atoms with E-state index in [-0.39, 0.29) is 30.7 Å². The Balaban J connectivity index is 1.47. The van der Waals surface area contributed by atoms with Gasteiger partial charge in [0.1, 0.15) is 0 Å². The largest absolute Gasteiger partial charge is 0.459 e. The molecule has 26 heavy (non-hydrogen) atoms. The van der Waals surface area contributed by atoms with Crippen molar-refractivity contribution in [3.63, 3.8) is 0 Å². The molecule has 140 valence electrons. The molecule has 4 amide bonds. The summed E-state index contributed by atoms with van der Waals surface area (Å²) in [5, 5.41) is 5.35. The summed E-state index contributed by atoms with van der Waals surface area (Å²) in [5.74, 6) is -2.27. The van der Waals surface area contributed by atoms with Crippen LogP contribution < -0.4 is 10.6 Å². The first kappa shape index (κ1) is 18.1. The quantitative estimate of drug-likeness (QED) is 0.667. The van der Waals surface area contributed by atoms with Crippen LogP contribution in [0.25, 0.3) is 0 Å². The van der Waals surface area contributed by atoms with Crippen LogP contribution in [0.1, 0.15) is 23.4 Å². The van der Waals surface area contributed by atoms with E-state index in [9.17, 15) is 19.2 Å². The van der Waals surface area contributed by atoms with Gasteiger partial charge in [-0.05, 0) is 38.1 Å². The van der Waals surface area contributed by atoms with Gasteiger partial charge in [-0.25, -0.2) is 0 Å². The van der Waals surface area contributed by atoms with Crippen LogP contribution in [0, 0.1) is 5.92 Å². The minimum absolute atomic E-state index is 0.236. The molecule has 2 aliphatic heterocycles. The number of piperidine rings is 1. The number of hydrogen-bond acceptors (Lipinski definition) is 6. The fraction of sp³-hybridized carbons (Fsp3) is 0.529. The molecule has 9 heteroatoms. The molecule has 3 heterocycles. The van der Waals surface area contributed by atoms with Crippen LogP contribution in [-0.4, -0.2) is 72.7 Å². The SMILES string of the molecule is O=C(NC(=O)C1CCNCC1)C(=O)N1CCN(C(=O)c2ccco2)CC1. The maximum atomic E-state index is 12.2. The van der Waals surface area contributed by atoms with Crippen molar-refractivity contribution >= 4 is 23.6 Å². The topological polar surface area (TPSA) is 112 Å². The lowest BCUT2D eigenvalue weighted by Gasteiger charge is -2.33. The van der Waals surface area contributed by atoms with Crippen molar-refractivity contribution in [2.45, 2.75) is 12.8 Å². The van der Waals surface area contributed by atoms with E-state index < -0.39 is 17.7 Å². The van der Waals surface area contributed by atoms with Gasteiger partial charge in [-0.2, -0.15) is 0 Å². The first-order valence-electron chi connectivity index (χ1n) is 8.74. The summed E-state index contributed by atoms with van der Waals surface area (Å²) in [7, 11) is 0. The lowest BCUT2D eigenvalue weighted by molar-refractivity contribution is -0.149. The number of carbonyl (C=O) groups is 4. The number of hydrogen-bond donors (Lipinski definition) is 2. The molecule has 0 radical (unpaired) electrons. The van der Waals surface area contributed by atoms with Gasteiger partial charge in [0.25, 0.3) is 5.91 Å². The van der Waals surface area contributed by atoms with Crippen LogP contribution in [0.2, 0.25) is 0 Å². The number of rotatable bonds is 2. The lowest BCUT2D eigenvalue weighted by Crippen LogP contribution is -2.55. The van der Waals surface area contributed by atoms with Gasteiger partial charge >= 0.3 is 11.8 Å². The smallest absolute Gasteiger partial charge is 0.316 e. The highest BCUT2D eigenvalue weighted by Gasteiger charge is 2.31. The Morgan fingerprint density at radius 2 is 1.69 bits per heavy atom. The molecule has 0 aromatic carbocycles. The van der Waals surface area contributed by atoms with E-state index in [1.165, 1.54) is 11.2 Å². The molecule has 3 rings (SSSR count). The zero-order chi connectivity index (χ0) is 18.5. The summed E-state index contributed by atoms with van der Waals surface area (Å²) in [4.78, 5) is 51.5. The normalized spacial score (nSPS) is 18.5. The fourth-order valence-electron chi connectivity index (χ4n) is 3.16. The van der Waals surface area contributed by atoms with Crippen molar-refractivity contribution in [1.29, 1.82) is 0 Å². The zero-order valence-electron chi connectivity index (χ0n) is 14.4. The zero-order valence-corrected chi connectivity index (χ0v) is 14.4. The molecule has 0 aliphatic carbocycles. The Morgan fingerprint density at radius 3 is 2.31 bits per heavy atom. The van der Waals surface area contributed by atoms with Crippen molar-refractivity contribution in [3.05, 3.63) is 24.2 Å². The predicted molar refractivity (Wildman–Crippen MR) is 89.9 cm³/mol. The monoisotopic (exact) mass is 362 g/mol. The Labute approximate surface area is 150 Å². The lowest BCUT2D eigenvalue weighted by atomic mass is 9.97. The number of furan rings is 1. The Kier molecular flexibility index (Phi) is 5.67. The third kappa shape index (κ3) is 4.10. The van der Waals surface area contributed by atoms with Gasteiger partial charge < -0.3 is 19.5 Å². The summed E-state index contributed by atoms with van der Waals surface area (Å²) >= 11 is 0. The minimum Gasteiger partial charge on any atom is -0.459 e. The van der Waals surface area contributed by atoms with E-state index in [1.54, 1.807) is 17.0 Å². The van der Waals surface area contributed by atoms with E-state index in [2.05, 4.69) is 10.6 Å². The van der Waals surface area contributed by atoms with E-state index in [4.69, 9.17) is 4.42 Å². The van der Waals surface area contributed by atoms with Gasteiger partial charge in [0.15, 0.2) is 5.76 Å². The molecule has 2 aliphatic rings. The average molecular weight is 362 g/mol. The van der Waals surface area contributed by atoms with Gasteiger partial charge in [-0.1, -0.05) is 0 Å². The average Bonchev–Trinajstić information content (AvgIpc) is 3.22. The van der Waals surface area contributed by atoms with Gasteiger partial charge in [-0.3, -0.25) is 24.5 Å². The number of nitrogens with zero attached hydrogens (tertiary/aromatic N) is 2. The molecule has 0 spiro atoms. The van der Waals surface area contributed by atoms with Crippen LogP contribution in [-0.2, 0) is 14.4 Å². The number of nitrogens with one attached hydrogen (secondary N) is 2. The highest BCUT2D eigenvalue weighted by atomic mass is 16.3. The summed E-state index contributed by atoms with van der Waals surface area (Å²) in [6.45, 7) is 2.54. The molecule has 2 N–H and O–H groups in total. The van der Waals surface area contributed by atoms with Gasteiger partial charge in [0.2, 0.25) is 5.91 Å². The van der Waals surface area contributed by atoms with Crippen LogP contribution in [0.15, 0.2) is 22.8 Å². The van der Waals surface area contributed by atoms with E-state index >= 15 is 0 Å². The highest BCUT2D eigenvalue weighted by molar-refractivity contribution is 6.37. The molecular weight excluding hydrogens is 340 g/mol. The van der Waals surface area contributed by atoms with Gasteiger partial charge in [0, 0.05) is 32.1 Å². The first-order chi connectivity index (χ1) is 12.6. The Morgan fingerprint density at radius 1 is 1.04 bits per heavy atom. The summed E-state index contributed by atoms with van der Waals surface area (Å²) in [5.41, 5.74) is 0. The summed E-state index contributed by atoms with van der Waals surface area (Å²) in [6.07, 6.45) is 2.73. The van der Waals surface area contributed by atoms with Crippen molar-refractivity contribution in [2.24, 2.45) is 5.92 Å². The number of imide groups is 1. The second-order valence-corrected chi connectivity index (χ2v) is 6.40. The minimum atomic E-state index is -0.903. The molecule has 1 aromatic rings. The highest BCUT2D eigenvalue weighted by Crippen LogP contribution is 2.12. The molecule has 0 saturated carbocycles. The van der Waals surface area contributed by atoms with Crippen LogP contribution >= 0.6 is 0 Å². The number of amides is 4. The maximum absolute atomic E-state index is 12.2. The molecule has 0 unspecified atom stereocenters. The summed E-state index contributed by atoms with van der Waals surface area (Å²) in [6, 6.07) is 3.22. The van der Waals surface area contributed by atoms with Crippen LogP contribution in [0.4, 0.5) is 0 Å². The van der Waals surface area contributed by atoms with E-state index in [0.29, 0.717) is 25.9 Å². The Bertz CT molecular complexity index is 673. The molecule has 1 aromatic heterocycles. The fourth-order valence-corrected chi connectivity index (χ4v) is 3.16. The molecule has 0 atom stereocenters. The van der Waals surface area contributed by atoms with Crippen molar-refractivity contribution in [3.8, 4) is 0 Å². The third-order valence-electron chi connectivity index (χ3n) is 4.73. The predicted octanol–water partition coefficient (Wildman–Crippen LogP) is -0.794.